The average Bonchev–Trinajstić information content (AvgIpc) is 2.84. The van der Waals surface area contributed by atoms with Crippen LogP contribution in [0.15, 0.2) is 15.8 Å². The minimum Gasteiger partial charge on any atom is -0.411 e. The van der Waals surface area contributed by atoms with E-state index < -0.39 is 20.2 Å². The zero-order chi connectivity index (χ0) is 19.0. The van der Waals surface area contributed by atoms with Crippen molar-refractivity contribution >= 4 is 30.9 Å². The zero-order valence-electron chi connectivity index (χ0n) is 15.9. The van der Waals surface area contributed by atoms with E-state index in [2.05, 4.69) is 61.4 Å². The predicted octanol–water partition coefficient (Wildman–Crippen LogP) is 3.35. The van der Waals surface area contributed by atoms with Crippen LogP contribution in [0.25, 0.3) is 0 Å². The molecule has 142 valence electrons. The second-order valence-electron chi connectivity index (χ2n) is 8.24. The van der Waals surface area contributed by atoms with Gasteiger partial charge in [-0.15, -0.1) is 0 Å². The molecule has 0 bridgehead atoms. The van der Waals surface area contributed by atoms with Crippen molar-refractivity contribution in [3.63, 3.8) is 0 Å². The summed E-state index contributed by atoms with van der Waals surface area (Å²) in [5.74, 6) is 0. The maximum absolute atomic E-state index is 12.2. The third-order valence-corrected chi connectivity index (χ3v) is 10.4. The Morgan fingerprint density at radius 2 is 2.04 bits per heavy atom. The van der Waals surface area contributed by atoms with Crippen molar-refractivity contribution in [1.82, 2.24) is 9.55 Å². The third-order valence-electron chi connectivity index (χ3n) is 5.28. The highest BCUT2D eigenvalue weighted by Crippen LogP contribution is 2.41. The van der Waals surface area contributed by atoms with Crippen LogP contribution in [0.5, 0.6) is 0 Å². The average molecular weight is 480 g/mol. The van der Waals surface area contributed by atoms with Crippen LogP contribution in [0.3, 0.4) is 0 Å². The van der Waals surface area contributed by atoms with Crippen molar-refractivity contribution in [3.8, 4) is 0 Å². The number of alkyl halides is 1. The second-order valence-corrected chi connectivity index (χ2v) is 14.1. The largest absolute Gasteiger partial charge is 0.411 e. The van der Waals surface area contributed by atoms with Crippen LogP contribution in [-0.4, -0.2) is 34.5 Å². The molecule has 2 rings (SSSR count). The Morgan fingerprint density at radius 1 is 1.40 bits per heavy atom. The lowest BCUT2D eigenvalue weighted by Gasteiger charge is -2.39. The molecule has 1 fully saturated rings. The van der Waals surface area contributed by atoms with Gasteiger partial charge in [0, 0.05) is 22.6 Å². The summed E-state index contributed by atoms with van der Waals surface area (Å²) < 4.78 is 15.2. The van der Waals surface area contributed by atoms with Gasteiger partial charge in [-0.25, -0.2) is 4.79 Å². The monoisotopic (exact) mass is 480 g/mol. The van der Waals surface area contributed by atoms with E-state index >= 15 is 0 Å². The molecule has 0 spiro atoms. The molecule has 0 aliphatic carbocycles. The van der Waals surface area contributed by atoms with Crippen LogP contribution in [0.1, 0.15) is 45.4 Å². The summed E-state index contributed by atoms with van der Waals surface area (Å²) in [6.45, 7) is 12.8. The number of aromatic amines is 1. The number of hydrogen-bond acceptors (Lipinski definition) is 4. The lowest BCUT2D eigenvalue weighted by molar-refractivity contribution is -0.0189. The van der Waals surface area contributed by atoms with Gasteiger partial charge >= 0.3 is 5.69 Å². The number of halogens is 1. The number of ether oxygens (including phenoxy) is 1. The van der Waals surface area contributed by atoms with Crippen molar-refractivity contribution in [3.05, 3.63) is 32.6 Å². The van der Waals surface area contributed by atoms with Crippen LogP contribution < -0.4 is 11.2 Å². The Bertz CT molecular complexity index is 723. The molecule has 0 amide bonds. The van der Waals surface area contributed by atoms with Crippen LogP contribution in [0.2, 0.25) is 18.1 Å². The molecule has 1 saturated heterocycles. The molecule has 1 aliphatic heterocycles. The molecule has 1 unspecified atom stereocenters. The number of aryl methyl sites for hydroxylation is 1. The first-order valence-corrected chi connectivity index (χ1v) is 13.1. The molecule has 1 aromatic rings. The van der Waals surface area contributed by atoms with Gasteiger partial charge in [0.2, 0.25) is 0 Å². The standard InChI is InChI=1S/C17H29IN2O4Si/c1-11-10-20(16(22)19-15(11)21)14-9-13(12(23-14)7-8-18)24-25(5,6)17(2,3)4/h10,12-14H,7-9H2,1-6H3,(H,19,21,22)/t12-,13?,14-/m1/s1. The second kappa shape index (κ2) is 7.65. The molecule has 6 nitrogen and oxygen atoms in total. The smallest absolute Gasteiger partial charge is 0.330 e. The number of aromatic nitrogens is 2. The highest BCUT2D eigenvalue weighted by atomic mass is 127. The number of rotatable bonds is 5. The first-order chi connectivity index (χ1) is 11.5. The van der Waals surface area contributed by atoms with Crippen molar-refractivity contribution < 1.29 is 9.16 Å². The Morgan fingerprint density at radius 3 is 2.60 bits per heavy atom. The van der Waals surface area contributed by atoms with Gasteiger partial charge in [0.25, 0.3) is 5.56 Å². The fourth-order valence-corrected chi connectivity index (χ4v) is 4.69. The van der Waals surface area contributed by atoms with Crippen LogP contribution >= 0.6 is 22.6 Å². The molecular formula is C17H29IN2O4Si. The van der Waals surface area contributed by atoms with Gasteiger partial charge in [0.15, 0.2) is 8.32 Å². The van der Waals surface area contributed by atoms with Crippen LogP contribution in [0.4, 0.5) is 0 Å². The highest BCUT2D eigenvalue weighted by molar-refractivity contribution is 14.1. The Hall–Kier alpha value is -0.453. The van der Waals surface area contributed by atoms with Crippen molar-refractivity contribution in [2.75, 3.05) is 4.43 Å². The highest BCUT2D eigenvalue weighted by Gasteiger charge is 2.44. The number of H-pyrrole nitrogens is 1. The molecule has 2 heterocycles. The van der Waals surface area contributed by atoms with Crippen LogP contribution in [0, 0.1) is 6.92 Å². The lowest BCUT2D eigenvalue weighted by Crippen LogP contribution is -2.46. The molecule has 0 radical (unpaired) electrons. The Balaban J connectivity index is 2.27. The summed E-state index contributed by atoms with van der Waals surface area (Å²) in [7, 11) is -1.93. The van der Waals surface area contributed by atoms with E-state index in [0.29, 0.717) is 12.0 Å². The summed E-state index contributed by atoms with van der Waals surface area (Å²) in [4.78, 5) is 26.2. The van der Waals surface area contributed by atoms with E-state index in [1.54, 1.807) is 13.1 Å². The Kier molecular flexibility index (Phi) is 6.38. The number of nitrogens with zero attached hydrogens (tertiary/aromatic N) is 1. The molecule has 8 heteroatoms. The van der Waals surface area contributed by atoms with Gasteiger partial charge < -0.3 is 9.16 Å². The minimum atomic E-state index is -1.93. The normalized spacial score (nSPS) is 24.7. The van der Waals surface area contributed by atoms with E-state index in [9.17, 15) is 9.59 Å². The van der Waals surface area contributed by atoms with Crippen molar-refractivity contribution in [1.29, 1.82) is 0 Å². The quantitative estimate of drug-likeness (QED) is 0.399. The third kappa shape index (κ3) is 4.64. The number of hydrogen-bond donors (Lipinski definition) is 1. The fraction of sp³-hybridized carbons (Fsp3) is 0.765. The zero-order valence-corrected chi connectivity index (χ0v) is 19.0. The Labute approximate surface area is 163 Å². The molecule has 0 saturated carbocycles. The van der Waals surface area contributed by atoms with Gasteiger partial charge in [-0.1, -0.05) is 43.4 Å². The lowest BCUT2D eigenvalue weighted by atomic mass is 10.1. The van der Waals surface area contributed by atoms with E-state index in [-0.39, 0.29) is 22.8 Å². The van der Waals surface area contributed by atoms with E-state index in [1.807, 2.05) is 0 Å². The first-order valence-electron chi connectivity index (χ1n) is 8.67. The first kappa shape index (κ1) is 20.9. The molecular weight excluding hydrogens is 451 g/mol. The summed E-state index contributed by atoms with van der Waals surface area (Å²) in [6.07, 6.45) is 2.63. The summed E-state index contributed by atoms with van der Waals surface area (Å²) in [5.41, 5.74) is -0.277. The SMILES string of the molecule is Cc1cn([C@H]2CC(O[Si](C)(C)C(C)(C)C)[C@@H](CCI)O2)c(=O)[nH]c1=O. The summed E-state index contributed by atoms with van der Waals surface area (Å²) in [6, 6.07) is 0. The van der Waals surface area contributed by atoms with Gasteiger partial charge in [-0.05, 0) is 31.5 Å². The van der Waals surface area contributed by atoms with E-state index in [0.717, 1.165) is 10.8 Å². The molecule has 3 atom stereocenters. The van der Waals surface area contributed by atoms with Gasteiger partial charge in [-0.3, -0.25) is 14.3 Å². The van der Waals surface area contributed by atoms with E-state index in [4.69, 9.17) is 9.16 Å². The minimum absolute atomic E-state index is 0.0280. The van der Waals surface area contributed by atoms with Crippen molar-refractivity contribution in [2.45, 2.75) is 77.1 Å². The predicted molar refractivity (Wildman–Crippen MR) is 110 cm³/mol. The molecule has 1 aliphatic rings. The maximum Gasteiger partial charge on any atom is 0.330 e. The summed E-state index contributed by atoms with van der Waals surface area (Å²) in [5, 5.41) is 0.116. The van der Waals surface area contributed by atoms with Gasteiger partial charge in [-0.2, -0.15) is 0 Å². The number of nitrogens with one attached hydrogen (secondary N) is 1. The van der Waals surface area contributed by atoms with Gasteiger partial charge in [0.1, 0.15) is 6.23 Å². The topological polar surface area (TPSA) is 73.3 Å². The molecule has 1 N–H and O–H groups in total. The summed E-state index contributed by atoms with van der Waals surface area (Å²) >= 11 is 2.34. The van der Waals surface area contributed by atoms with Crippen LogP contribution in [-0.2, 0) is 9.16 Å². The van der Waals surface area contributed by atoms with Gasteiger partial charge in [0.05, 0.1) is 12.2 Å². The van der Waals surface area contributed by atoms with Crippen molar-refractivity contribution in [2.24, 2.45) is 0 Å². The molecule has 1 aromatic heterocycles. The molecule has 25 heavy (non-hydrogen) atoms. The van der Waals surface area contributed by atoms with E-state index in [1.165, 1.54) is 4.57 Å². The fourth-order valence-electron chi connectivity index (χ4n) is 2.72. The maximum atomic E-state index is 12.2. The molecule has 0 aromatic carbocycles.